The molecule has 0 amide bonds. The first-order chi connectivity index (χ1) is 24.7. The fourth-order valence-corrected chi connectivity index (χ4v) is 7.90. The molecule has 10 rings (SSSR count). The van der Waals surface area contributed by atoms with Gasteiger partial charge in [0.15, 0.2) is 5.82 Å². The number of aromatic nitrogens is 3. The molecule has 0 aliphatic carbocycles. The second-order valence-electron chi connectivity index (χ2n) is 12.4. The van der Waals surface area contributed by atoms with E-state index in [4.69, 9.17) is 19.4 Å². The van der Waals surface area contributed by atoms with Crippen LogP contribution in [0.3, 0.4) is 0 Å². The van der Waals surface area contributed by atoms with Crippen LogP contribution in [0, 0.1) is 0 Å². The van der Waals surface area contributed by atoms with Gasteiger partial charge in [-0.2, -0.15) is 0 Å². The maximum atomic E-state index is 6.50. The molecule has 0 unspecified atom stereocenters. The standard InChI is InChI=1S/C45H27N3OS/c1-4-12-28(13-5-1)38-26-39(47-44(46-38)29-14-6-2-7-15-29)35-21-11-19-33-32(18-10-20-34(33)35)31-22-23-36-37-25-43-40(27-42(37)49-41(36)24-31)48-45(50-43)30-16-8-3-9-17-30/h1-27H. The fourth-order valence-electron chi connectivity index (χ4n) is 6.91. The van der Waals surface area contributed by atoms with Crippen molar-refractivity contribution in [2.24, 2.45) is 0 Å². The van der Waals surface area contributed by atoms with Gasteiger partial charge in [-0.05, 0) is 46.2 Å². The molecule has 0 radical (unpaired) electrons. The lowest BCUT2D eigenvalue weighted by Crippen LogP contribution is -1.96. The Morgan fingerprint density at radius 3 is 1.80 bits per heavy atom. The summed E-state index contributed by atoms with van der Waals surface area (Å²) in [5.74, 6) is 0.705. The molecule has 0 aliphatic rings. The van der Waals surface area contributed by atoms with E-state index in [-0.39, 0.29) is 0 Å². The molecule has 0 bridgehead atoms. The molecule has 0 atom stereocenters. The highest BCUT2D eigenvalue weighted by Crippen LogP contribution is 2.40. The molecule has 10 aromatic rings. The summed E-state index contributed by atoms with van der Waals surface area (Å²) in [4.78, 5) is 15.1. The Labute approximate surface area is 292 Å². The lowest BCUT2D eigenvalue weighted by molar-refractivity contribution is 0.669. The SMILES string of the molecule is c1ccc(-c2cc(-c3cccc4c(-c5ccc6c(c5)oc5cc7nc(-c8ccccc8)sc7cc56)cccc34)nc(-c3ccccc3)n2)cc1. The van der Waals surface area contributed by atoms with E-state index < -0.39 is 0 Å². The first kappa shape index (κ1) is 28.6. The Morgan fingerprint density at radius 2 is 1.04 bits per heavy atom. The third-order valence-corrected chi connectivity index (χ3v) is 10.4. The molecule has 0 saturated carbocycles. The maximum absolute atomic E-state index is 6.50. The zero-order chi connectivity index (χ0) is 33.0. The van der Waals surface area contributed by atoms with Gasteiger partial charge in [-0.3, -0.25) is 0 Å². The van der Waals surface area contributed by atoms with Gasteiger partial charge >= 0.3 is 0 Å². The van der Waals surface area contributed by atoms with Crippen molar-refractivity contribution in [3.63, 3.8) is 0 Å². The Hall–Kier alpha value is -6.43. The van der Waals surface area contributed by atoms with Crippen molar-refractivity contribution in [3.05, 3.63) is 164 Å². The van der Waals surface area contributed by atoms with Gasteiger partial charge in [0.25, 0.3) is 0 Å². The minimum atomic E-state index is 0.705. The molecule has 234 valence electrons. The zero-order valence-corrected chi connectivity index (χ0v) is 27.6. The number of hydrogen-bond acceptors (Lipinski definition) is 5. The summed E-state index contributed by atoms with van der Waals surface area (Å²) >= 11 is 1.72. The van der Waals surface area contributed by atoms with Crippen LogP contribution in [0.4, 0.5) is 0 Å². The van der Waals surface area contributed by atoms with Crippen molar-refractivity contribution >= 4 is 54.3 Å². The van der Waals surface area contributed by atoms with Crippen molar-refractivity contribution in [2.75, 3.05) is 0 Å². The largest absolute Gasteiger partial charge is 0.456 e. The van der Waals surface area contributed by atoms with E-state index in [1.54, 1.807) is 11.3 Å². The number of furan rings is 1. The average Bonchev–Trinajstić information content (AvgIpc) is 3.77. The molecule has 5 heteroatoms. The lowest BCUT2D eigenvalue weighted by Gasteiger charge is -2.13. The van der Waals surface area contributed by atoms with Crippen LogP contribution in [0.25, 0.3) is 98.5 Å². The normalized spacial score (nSPS) is 11.6. The van der Waals surface area contributed by atoms with E-state index in [1.165, 1.54) is 0 Å². The van der Waals surface area contributed by atoms with Crippen molar-refractivity contribution in [3.8, 4) is 55.6 Å². The number of hydrogen-bond donors (Lipinski definition) is 0. The monoisotopic (exact) mass is 657 g/mol. The third kappa shape index (κ3) is 4.87. The molecule has 3 aromatic heterocycles. The van der Waals surface area contributed by atoms with Gasteiger partial charge in [0.2, 0.25) is 0 Å². The molecule has 0 N–H and O–H groups in total. The van der Waals surface area contributed by atoms with Crippen LogP contribution >= 0.6 is 11.3 Å². The van der Waals surface area contributed by atoms with Crippen molar-refractivity contribution < 1.29 is 4.42 Å². The fraction of sp³-hybridized carbons (Fsp3) is 0. The number of thiazole rings is 1. The molecule has 0 spiro atoms. The van der Waals surface area contributed by atoms with Crippen molar-refractivity contribution in [2.45, 2.75) is 0 Å². The van der Waals surface area contributed by atoms with E-state index in [2.05, 4.69) is 121 Å². The zero-order valence-electron chi connectivity index (χ0n) is 26.7. The van der Waals surface area contributed by atoms with Crippen LogP contribution in [0.5, 0.6) is 0 Å². The minimum absolute atomic E-state index is 0.705. The highest BCUT2D eigenvalue weighted by Gasteiger charge is 2.16. The van der Waals surface area contributed by atoms with Gasteiger partial charge in [-0.15, -0.1) is 11.3 Å². The van der Waals surface area contributed by atoms with Crippen LogP contribution in [-0.2, 0) is 0 Å². The van der Waals surface area contributed by atoms with Crippen molar-refractivity contribution in [1.82, 2.24) is 15.0 Å². The molecule has 4 nitrogen and oxygen atoms in total. The first-order valence-electron chi connectivity index (χ1n) is 16.6. The predicted octanol–water partition coefficient (Wildman–Crippen LogP) is 12.5. The molecule has 50 heavy (non-hydrogen) atoms. The Bertz CT molecular complexity index is 2800. The number of nitrogens with zero attached hydrogens (tertiary/aromatic N) is 3. The molecular formula is C45H27N3OS. The van der Waals surface area contributed by atoms with Crippen LogP contribution in [-0.4, -0.2) is 15.0 Å². The lowest BCUT2D eigenvalue weighted by atomic mass is 9.93. The second kappa shape index (κ2) is 11.6. The van der Waals surface area contributed by atoms with Crippen LogP contribution in [0.15, 0.2) is 168 Å². The van der Waals surface area contributed by atoms with Gasteiger partial charge < -0.3 is 4.42 Å². The number of fused-ring (bicyclic) bond motifs is 5. The van der Waals surface area contributed by atoms with E-state index in [1.807, 2.05) is 42.5 Å². The molecule has 7 aromatic carbocycles. The Balaban J connectivity index is 1.09. The smallest absolute Gasteiger partial charge is 0.160 e. The van der Waals surface area contributed by atoms with E-state index in [9.17, 15) is 0 Å². The van der Waals surface area contributed by atoms with Crippen LogP contribution in [0.1, 0.15) is 0 Å². The molecule has 0 fully saturated rings. The Kier molecular flexibility index (Phi) is 6.64. The van der Waals surface area contributed by atoms with E-state index in [0.29, 0.717) is 5.82 Å². The van der Waals surface area contributed by atoms with Crippen molar-refractivity contribution in [1.29, 1.82) is 0 Å². The van der Waals surface area contributed by atoms with Gasteiger partial charge in [0.1, 0.15) is 16.2 Å². The second-order valence-corrected chi connectivity index (χ2v) is 13.4. The summed E-state index contributed by atoms with van der Waals surface area (Å²) in [6, 6.07) is 56.8. The summed E-state index contributed by atoms with van der Waals surface area (Å²) in [7, 11) is 0. The van der Waals surface area contributed by atoms with E-state index in [0.717, 1.165) is 92.7 Å². The molecular weight excluding hydrogens is 631 g/mol. The number of benzene rings is 7. The van der Waals surface area contributed by atoms with Gasteiger partial charge in [0.05, 0.1) is 21.6 Å². The van der Waals surface area contributed by atoms with Crippen LogP contribution < -0.4 is 0 Å². The molecule has 3 heterocycles. The summed E-state index contributed by atoms with van der Waals surface area (Å²) < 4.78 is 7.65. The first-order valence-corrected chi connectivity index (χ1v) is 17.4. The summed E-state index contributed by atoms with van der Waals surface area (Å²) in [6.45, 7) is 0. The maximum Gasteiger partial charge on any atom is 0.160 e. The molecule has 0 saturated heterocycles. The summed E-state index contributed by atoms with van der Waals surface area (Å²) in [5, 5.41) is 5.51. The summed E-state index contributed by atoms with van der Waals surface area (Å²) in [6.07, 6.45) is 0. The Morgan fingerprint density at radius 1 is 0.400 bits per heavy atom. The predicted molar refractivity (Wildman–Crippen MR) is 207 cm³/mol. The quantitative estimate of drug-likeness (QED) is 0.185. The highest BCUT2D eigenvalue weighted by molar-refractivity contribution is 7.21. The van der Waals surface area contributed by atoms with Gasteiger partial charge in [-0.1, -0.05) is 133 Å². The average molecular weight is 658 g/mol. The molecule has 0 aliphatic heterocycles. The topological polar surface area (TPSA) is 51.8 Å². The summed E-state index contributed by atoms with van der Waals surface area (Å²) in [5.41, 5.74) is 10.9. The number of rotatable bonds is 5. The van der Waals surface area contributed by atoms with Gasteiger partial charge in [-0.25, -0.2) is 15.0 Å². The third-order valence-electron chi connectivity index (χ3n) is 9.34. The van der Waals surface area contributed by atoms with Gasteiger partial charge in [0, 0.05) is 39.1 Å². The highest BCUT2D eigenvalue weighted by atomic mass is 32.1. The minimum Gasteiger partial charge on any atom is -0.456 e. The van der Waals surface area contributed by atoms with E-state index >= 15 is 0 Å². The van der Waals surface area contributed by atoms with Crippen LogP contribution in [0.2, 0.25) is 0 Å².